The Balaban J connectivity index is 2.46. The van der Waals surface area contributed by atoms with Crippen LogP contribution in [0.15, 0.2) is 18.3 Å². The molecule has 0 aliphatic carbocycles. The molecule has 0 aliphatic heterocycles. The third-order valence-electron chi connectivity index (χ3n) is 2.74. The average molecular weight is 234 g/mol. The number of carbonyl (C=O) groups is 1. The van der Waals surface area contributed by atoms with E-state index >= 15 is 0 Å². The van der Waals surface area contributed by atoms with E-state index < -0.39 is 12.0 Å². The fourth-order valence-electron chi connectivity index (χ4n) is 1.94. The highest BCUT2D eigenvalue weighted by Crippen LogP contribution is 2.29. The van der Waals surface area contributed by atoms with Crippen molar-refractivity contribution in [2.24, 2.45) is 5.73 Å². The van der Waals surface area contributed by atoms with Crippen LogP contribution in [0.25, 0.3) is 10.9 Å². The number of hydrogen-bond acceptors (Lipinski definition) is 3. The number of H-pyrrole nitrogens is 1. The van der Waals surface area contributed by atoms with Crippen LogP contribution in [0.4, 0.5) is 0 Å². The van der Waals surface area contributed by atoms with Crippen LogP contribution >= 0.6 is 0 Å². The Morgan fingerprint density at radius 2 is 2.24 bits per heavy atom. The first-order chi connectivity index (χ1) is 7.99. The summed E-state index contributed by atoms with van der Waals surface area (Å²) in [6, 6.07) is 2.58. The number of aromatic nitrogens is 1. The molecule has 0 amide bonds. The van der Waals surface area contributed by atoms with Crippen molar-refractivity contribution in [3.05, 3.63) is 29.5 Å². The second kappa shape index (κ2) is 4.10. The van der Waals surface area contributed by atoms with Crippen LogP contribution in [-0.2, 0) is 11.2 Å². The van der Waals surface area contributed by atoms with Gasteiger partial charge in [0.25, 0.3) is 0 Å². The Morgan fingerprint density at radius 1 is 1.53 bits per heavy atom. The summed E-state index contributed by atoms with van der Waals surface area (Å²) in [5.74, 6) is -0.903. The number of aromatic hydroxyl groups is 1. The van der Waals surface area contributed by atoms with Gasteiger partial charge in [-0.1, -0.05) is 0 Å². The number of benzene rings is 1. The third-order valence-corrected chi connectivity index (χ3v) is 2.74. The molecule has 0 bridgehead atoms. The second-order valence-electron chi connectivity index (χ2n) is 4.17. The molecule has 5 heteroatoms. The van der Waals surface area contributed by atoms with Crippen molar-refractivity contribution < 1.29 is 15.0 Å². The molecule has 5 nitrogen and oxygen atoms in total. The molecule has 17 heavy (non-hydrogen) atoms. The summed E-state index contributed by atoms with van der Waals surface area (Å²) in [4.78, 5) is 13.7. The molecule has 0 spiro atoms. The standard InChI is InChI=1S/C12H14N2O3/c1-6-2-9-11(10(15)3-6)7(5-14-9)4-8(13)12(16)17/h2-3,5,8,14-15H,4,13H2,1H3,(H,16,17). The largest absolute Gasteiger partial charge is 0.507 e. The number of nitrogens with one attached hydrogen (secondary N) is 1. The van der Waals surface area contributed by atoms with E-state index in [0.29, 0.717) is 10.9 Å². The number of fused-ring (bicyclic) bond motifs is 1. The van der Waals surface area contributed by atoms with Gasteiger partial charge < -0.3 is 20.9 Å². The zero-order valence-corrected chi connectivity index (χ0v) is 9.40. The van der Waals surface area contributed by atoms with Gasteiger partial charge in [-0.3, -0.25) is 4.79 Å². The van der Waals surface area contributed by atoms with Crippen LogP contribution in [-0.4, -0.2) is 27.2 Å². The van der Waals surface area contributed by atoms with Gasteiger partial charge >= 0.3 is 5.97 Å². The smallest absolute Gasteiger partial charge is 0.320 e. The summed E-state index contributed by atoms with van der Waals surface area (Å²) in [6.07, 6.45) is 1.87. The molecule has 0 saturated heterocycles. The van der Waals surface area contributed by atoms with E-state index in [0.717, 1.165) is 11.1 Å². The number of carboxylic acid groups (broad SMARTS) is 1. The number of nitrogens with two attached hydrogens (primary N) is 1. The molecule has 2 rings (SSSR count). The molecule has 1 atom stereocenters. The number of phenols is 1. The number of carboxylic acids is 1. The van der Waals surface area contributed by atoms with Gasteiger partial charge in [0, 0.05) is 23.5 Å². The van der Waals surface area contributed by atoms with Gasteiger partial charge in [0.05, 0.1) is 0 Å². The van der Waals surface area contributed by atoms with Gasteiger partial charge in [-0.25, -0.2) is 0 Å². The minimum Gasteiger partial charge on any atom is -0.507 e. The van der Waals surface area contributed by atoms with E-state index in [2.05, 4.69) is 4.98 Å². The fraction of sp³-hybridized carbons (Fsp3) is 0.250. The zero-order chi connectivity index (χ0) is 12.6. The van der Waals surface area contributed by atoms with E-state index in [4.69, 9.17) is 10.8 Å². The van der Waals surface area contributed by atoms with E-state index in [-0.39, 0.29) is 12.2 Å². The van der Waals surface area contributed by atoms with Gasteiger partial charge in [0.1, 0.15) is 11.8 Å². The lowest BCUT2D eigenvalue weighted by atomic mass is 10.0. The minimum absolute atomic E-state index is 0.147. The minimum atomic E-state index is -1.05. The number of phenolic OH excluding ortho intramolecular Hbond substituents is 1. The third kappa shape index (κ3) is 2.09. The molecule has 0 aliphatic rings. The Hall–Kier alpha value is -2.01. The Morgan fingerprint density at radius 3 is 2.88 bits per heavy atom. The van der Waals surface area contributed by atoms with Crippen LogP contribution in [0.1, 0.15) is 11.1 Å². The summed E-state index contributed by atoms with van der Waals surface area (Å²) in [6.45, 7) is 1.88. The first-order valence-electron chi connectivity index (χ1n) is 5.27. The van der Waals surface area contributed by atoms with E-state index in [1.54, 1.807) is 12.3 Å². The first kappa shape index (κ1) is 11.5. The summed E-state index contributed by atoms with van der Waals surface area (Å²) < 4.78 is 0. The zero-order valence-electron chi connectivity index (χ0n) is 9.40. The molecular weight excluding hydrogens is 220 g/mol. The number of hydrogen-bond donors (Lipinski definition) is 4. The molecule has 1 aromatic heterocycles. The molecule has 0 radical (unpaired) electrons. The van der Waals surface area contributed by atoms with Crippen molar-refractivity contribution in [3.8, 4) is 5.75 Å². The molecule has 1 aromatic carbocycles. The normalized spacial score (nSPS) is 12.8. The fourth-order valence-corrected chi connectivity index (χ4v) is 1.94. The quantitative estimate of drug-likeness (QED) is 0.639. The van der Waals surface area contributed by atoms with Crippen molar-refractivity contribution in [2.45, 2.75) is 19.4 Å². The van der Waals surface area contributed by atoms with Crippen molar-refractivity contribution in [1.29, 1.82) is 0 Å². The molecular formula is C12H14N2O3. The van der Waals surface area contributed by atoms with Crippen molar-refractivity contribution in [1.82, 2.24) is 4.98 Å². The van der Waals surface area contributed by atoms with Gasteiger partial charge in [-0.2, -0.15) is 0 Å². The number of rotatable bonds is 3. The van der Waals surface area contributed by atoms with Gasteiger partial charge in [0.15, 0.2) is 0 Å². The monoisotopic (exact) mass is 234 g/mol. The van der Waals surface area contributed by atoms with Crippen LogP contribution in [0.3, 0.4) is 0 Å². The number of aromatic amines is 1. The first-order valence-corrected chi connectivity index (χ1v) is 5.27. The second-order valence-corrected chi connectivity index (χ2v) is 4.17. The van der Waals surface area contributed by atoms with Crippen LogP contribution in [0, 0.1) is 6.92 Å². The highest BCUT2D eigenvalue weighted by atomic mass is 16.4. The SMILES string of the molecule is Cc1cc(O)c2c(CC(N)C(=O)O)c[nH]c2c1. The van der Waals surface area contributed by atoms with Crippen LogP contribution in [0.5, 0.6) is 5.75 Å². The lowest BCUT2D eigenvalue weighted by molar-refractivity contribution is -0.138. The molecule has 0 saturated carbocycles. The van der Waals surface area contributed by atoms with Gasteiger partial charge in [-0.15, -0.1) is 0 Å². The molecule has 1 unspecified atom stereocenters. The molecule has 2 aromatic rings. The molecule has 90 valence electrons. The maximum atomic E-state index is 10.7. The highest BCUT2D eigenvalue weighted by molar-refractivity contribution is 5.90. The van der Waals surface area contributed by atoms with E-state index in [9.17, 15) is 9.90 Å². The molecule has 5 N–H and O–H groups in total. The van der Waals surface area contributed by atoms with E-state index in [1.165, 1.54) is 0 Å². The summed E-state index contributed by atoms with van der Waals surface area (Å²) in [7, 11) is 0. The van der Waals surface area contributed by atoms with Gasteiger partial charge in [0.2, 0.25) is 0 Å². The van der Waals surface area contributed by atoms with Crippen LogP contribution in [0.2, 0.25) is 0 Å². The average Bonchev–Trinajstić information content (AvgIpc) is 2.60. The molecule has 0 fully saturated rings. The molecule has 1 heterocycles. The topological polar surface area (TPSA) is 99.3 Å². The Bertz CT molecular complexity index is 574. The van der Waals surface area contributed by atoms with Crippen LogP contribution < -0.4 is 5.73 Å². The highest BCUT2D eigenvalue weighted by Gasteiger charge is 2.16. The van der Waals surface area contributed by atoms with Gasteiger partial charge in [-0.05, 0) is 30.2 Å². The summed E-state index contributed by atoms with van der Waals surface area (Å²) in [5, 5.41) is 19.3. The summed E-state index contributed by atoms with van der Waals surface area (Å²) >= 11 is 0. The maximum absolute atomic E-state index is 10.7. The number of aryl methyl sites for hydroxylation is 1. The Kier molecular flexibility index (Phi) is 2.77. The predicted molar refractivity (Wildman–Crippen MR) is 64.0 cm³/mol. The Labute approximate surface area is 97.9 Å². The van der Waals surface area contributed by atoms with Crippen molar-refractivity contribution >= 4 is 16.9 Å². The summed E-state index contributed by atoms with van der Waals surface area (Å²) in [5.41, 5.74) is 7.92. The lowest BCUT2D eigenvalue weighted by Crippen LogP contribution is -2.32. The maximum Gasteiger partial charge on any atom is 0.320 e. The van der Waals surface area contributed by atoms with Crippen molar-refractivity contribution in [3.63, 3.8) is 0 Å². The number of aliphatic carboxylic acids is 1. The predicted octanol–water partition coefficient (Wildman–Crippen LogP) is 1.14. The van der Waals surface area contributed by atoms with Crippen molar-refractivity contribution in [2.75, 3.05) is 0 Å². The lowest BCUT2D eigenvalue weighted by Gasteiger charge is -2.06. The van der Waals surface area contributed by atoms with E-state index in [1.807, 2.05) is 13.0 Å².